The number of nitrogens with one attached hydrogen (secondary N) is 2. The van der Waals surface area contributed by atoms with Crippen LogP contribution < -0.4 is 15.4 Å². The van der Waals surface area contributed by atoms with E-state index in [1.165, 1.54) is 19.2 Å². The molecule has 2 aliphatic heterocycles. The molecule has 0 bridgehead atoms. The minimum absolute atomic E-state index is 0.0111. The van der Waals surface area contributed by atoms with Crippen LogP contribution in [0.4, 0.5) is 9.59 Å². The number of rotatable bonds is 9. The highest BCUT2D eigenvalue weighted by Gasteiger charge is 2.60. The second-order valence-electron chi connectivity index (χ2n) is 12.6. The van der Waals surface area contributed by atoms with Gasteiger partial charge in [0.25, 0.3) is 0 Å². The summed E-state index contributed by atoms with van der Waals surface area (Å²) in [5, 5.41) is 6.26. The fourth-order valence-electron chi connectivity index (χ4n) is 6.48. The summed E-state index contributed by atoms with van der Waals surface area (Å²) < 4.78 is 31.6. The number of carbonyl (C=O) groups is 2. The first kappa shape index (κ1) is 38.0. The van der Waals surface area contributed by atoms with E-state index in [9.17, 15) is 13.2 Å². The Kier molecular flexibility index (Phi) is 11.6. The van der Waals surface area contributed by atoms with Gasteiger partial charge in [-0.3, -0.25) is 9.89 Å². The second kappa shape index (κ2) is 15.0. The van der Waals surface area contributed by atoms with E-state index in [1.807, 2.05) is 65.0 Å². The molecule has 0 radical (unpaired) electrons. The van der Waals surface area contributed by atoms with E-state index < -0.39 is 20.9 Å². The van der Waals surface area contributed by atoms with Gasteiger partial charge in [0.2, 0.25) is 0 Å². The van der Waals surface area contributed by atoms with Gasteiger partial charge in [-0.05, 0) is 76.8 Å². The quantitative estimate of drug-likeness (QED) is 0.266. The van der Waals surface area contributed by atoms with E-state index in [1.54, 1.807) is 21.9 Å². The Hall–Kier alpha value is -3.80. The summed E-state index contributed by atoms with van der Waals surface area (Å²) in [5.41, 5.74) is 0.349. The molecule has 2 aromatic carbocycles. The Morgan fingerprint density at radius 3 is 2.29 bits per heavy atom. The topological polar surface area (TPSA) is 120 Å². The summed E-state index contributed by atoms with van der Waals surface area (Å²) >= 11 is 12.8. The number of methoxy groups -OCH3 is 1. The molecule has 4 amide bonds. The van der Waals surface area contributed by atoms with Crippen molar-refractivity contribution < 1.29 is 22.7 Å². The molecule has 264 valence electrons. The van der Waals surface area contributed by atoms with E-state index in [-0.39, 0.29) is 45.2 Å². The minimum atomic E-state index is -3.79. The van der Waals surface area contributed by atoms with Gasteiger partial charge < -0.3 is 20.3 Å². The van der Waals surface area contributed by atoms with Crippen LogP contribution in [0.15, 0.2) is 82.2 Å². The zero-order chi connectivity index (χ0) is 36.3. The Morgan fingerprint density at radius 1 is 1.12 bits per heavy atom. The molecule has 0 aromatic heterocycles. The predicted molar refractivity (Wildman–Crippen MR) is 197 cm³/mol. The number of hydrogen-bond acceptors (Lipinski definition) is 6. The number of hydrogen-bond donors (Lipinski definition) is 2. The van der Waals surface area contributed by atoms with E-state index in [4.69, 9.17) is 32.9 Å². The predicted octanol–water partition coefficient (Wildman–Crippen LogP) is 7.12. The molecule has 13 heteroatoms. The molecule has 2 unspecified atom stereocenters. The van der Waals surface area contributed by atoms with Crippen LogP contribution in [0.25, 0.3) is 0 Å². The lowest BCUT2D eigenvalue weighted by molar-refractivity contribution is 0.110. The maximum Gasteiger partial charge on any atom is 0.326 e. The number of carbonyl (C=O) groups excluding carboxylic acids is 2. The zero-order valence-corrected chi connectivity index (χ0v) is 31.4. The van der Waals surface area contributed by atoms with Gasteiger partial charge in [-0.2, -0.15) is 0 Å². The Labute approximate surface area is 299 Å². The zero-order valence-electron chi connectivity index (χ0n) is 29.1. The van der Waals surface area contributed by atoms with Gasteiger partial charge in [-0.1, -0.05) is 65.7 Å². The highest BCUT2D eigenvalue weighted by molar-refractivity contribution is 7.90. The number of sulfone groups is 1. The van der Waals surface area contributed by atoms with E-state index in [0.29, 0.717) is 37.5 Å². The Morgan fingerprint density at radius 2 is 1.76 bits per heavy atom. The molecule has 4 rings (SSSR count). The molecule has 2 heterocycles. The maximum atomic E-state index is 15.1. The highest BCUT2D eigenvalue weighted by Crippen LogP contribution is 2.52. The molecule has 1 saturated heterocycles. The number of ether oxygens (including phenoxy) is 1. The van der Waals surface area contributed by atoms with Crippen LogP contribution in [0.5, 0.6) is 5.75 Å². The summed E-state index contributed by atoms with van der Waals surface area (Å²) in [4.78, 5) is 35.9. The average molecular weight is 731 g/mol. The van der Waals surface area contributed by atoms with Crippen molar-refractivity contribution in [1.82, 2.24) is 20.4 Å². The third kappa shape index (κ3) is 7.54. The van der Waals surface area contributed by atoms with Gasteiger partial charge in [0, 0.05) is 43.0 Å². The van der Waals surface area contributed by atoms with Gasteiger partial charge >= 0.3 is 12.1 Å². The molecule has 2 atom stereocenters. The van der Waals surface area contributed by atoms with Crippen LogP contribution >= 0.6 is 23.2 Å². The molecule has 2 aromatic rings. The van der Waals surface area contributed by atoms with Crippen molar-refractivity contribution in [2.75, 3.05) is 33.0 Å². The molecule has 49 heavy (non-hydrogen) atoms. The number of aliphatic imine (C=N–C) groups is 1. The summed E-state index contributed by atoms with van der Waals surface area (Å²) in [6.07, 6.45) is 7.93. The molecule has 0 spiro atoms. The van der Waals surface area contributed by atoms with Crippen LogP contribution in [-0.2, 0) is 15.4 Å². The maximum absolute atomic E-state index is 15.1. The van der Waals surface area contributed by atoms with Crippen LogP contribution in [-0.4, -0.2) is 80.7 Å². The molecular formula is C36H45Cl2N5O5S. The molecule has 0 aliphatic carbocycles. The smallest absolute Gasteiger partial charge is 0.326 e. The first-order chi connectivity index (χ1) is 23.0. The van der Waals surface area contributed by atoms with E-state index in [0.717, 1.165) is 23.0 Å². The van der Waals surface area contributed by atoms with Crippen LogP contribution in [0.1, 0.15) is 58.6 Å². The lowest BCUT2D eigenvalue weighted by Crippen LogP contribution is -2.61. The van der Waals surface area contributed by atoms with Crippen molar-refractivity contribution in [2.24, 2.45) is 4.99 Å². The summed E-state index contributed by atoms with van der Waals surface area (Å²) in [6, 6.07) is 9.45. The normalized spacial score (nSPS) is 21.9. The summed E-state index contributed by atoms with van der Waals surface area (Å²) in [5.74, 6) is 0.468. The number of halogens is 2. The van der Waals surface area contributed by atoms with Crippen LogP contribution in [0.2, 0.25) is 10.0 Å². The molecule has 1 fully saturated rings. The van der Waals surface area contributed by atoms with Crippen LogP contribution in [0, 0.1) is 0 Å². The number of piperidine rings is 1. The average Bonchev–Trinajstić information content (AvgIpc) is 3.28. The fraction of sp³-hybridized carbons (Fsp3) is 0.417. The molecular weight excluding hydrogens is 685 g/mol. The lowest BCUT2D eigenvalue weighted by atomic mass is 9.70. The monoisotopic (exact) mass is 729 g/mol. The van der Waals surface area contributed by atoms with Gasteiger partial charge in [0.1, 0.15) is 22.7 Å². The van der Waals surface area contributed by atoms with Gasteiger partial charge in [-0.15, -0.1) is 0 Å². The van der Waals surface area contributed by atoms with Crippen molar-refractivity contribution in [2.45, 2.75) is 69.5 Å². The number of nitrogens with zero attached hydrogens (tertiary/aromatic N) is 3. The SMILES string of the molecule is C=C(C)C=CC(=CC)C1(C)N=C(c2cc(S(C)(=O)=O)c(Cl)cc2OC)N(C(=O)N2CCC(NC(=O)NCC)CC2)C1(C)c1ccc(Cl)cc1. The Bertz CT molecular complexity index is 1820. The molecule has 2 aliphatic rings. The minimum Gasteiger partial charge on any atom is -0.496 e. The lowest BCUT2D eigenvalue weighted by Gasteiger charge is -2.47. The standard InChI is InChI=1S/C36H45Cl2N5O5S/c1-9-24(12-11-23(3)4)35(5)36(6,25-13-15-26(37)16-14-25)43(34(45)42-19-17-27(18-20-42)40-33(44)39-10-2)32(41-35)28-21-31(49(8,46)47)29(38)22-30(28)48-7/h9,11-16,21-22,27H,3,10,17-20H2,1-2,4-8H3,(H2,39,40,44). The largest absolute Gasteiger partial charge is 0.496 e. The van der Waals surface area contributed by atoms with Gasteiger partial charge in [0.05, 0.1) is 22.6 Å². The second-order valence-corrected chi connectivity index (χ2v) is 15.5. The first-order valence-electron chi connectivity index (χ1n) is 16.1. The molecule has 10 nitrogen and oxygen atoms in total. The van der Waals surface area contributed by atoms with Crippen LogP contribution in [0.3, 0.4) is 0 Å². The first-order valence-corrected chi connectivity index (χ1v) is 18.7. The highest BCUT2D eigenvalue weighted by atomic mass is 35.5. The third-order valence-corrected chi connectivity index (χ3v) is 11.1. The van der Waals surface area contributed by atoms with Crippen molar-refractivity contribution in [3.8, 4) is 5.75 Å². The van der Waals surface area contributed by atoms with Gasteiger partial charge in [-0.25, -0.2) is 18.0 Å². The number of benzene rings is 2. The van der Waals surface area contributed by atoms with Crippen molar-refractivity contribution >= 4 is 50.9 Å². The molecule has 2 N–H and O–H groups in total. The van der Waals surface area contributed by atoms with Crippen molar-refractivity contribution in [3.63, 3.8) is 0 Å². The number of allylic oxidation sites excluding steroid dienone is 3. The fourth-order valence-corrected chi connectivity index (χ4v) is 7.93. The number of amidine groups is 1. The summed E-state index contributed by atoms with van der Waals surface area (Å²) in [7, 11) is -2.33. The van der Waals surface area contributed by atoms with Crippen molar-refractivity contribution in [1.29, 1.82) is 0 Å². The third-order valence-electron chi connectivity index (χ3n) is 9.29. The molecule has 0 saturated carbocycles. The Balaban J connectivity index is 1.99. The number of amides is 4. The van der Waals surface area contributed by atoms with E-state index in [2.05, 4.69) is 17.2 Å². The van der Waals surface area contributed by atoms with Gasteiger partial charge in [0.15, 0.2) is 9.84 Å². The number of urea groups is 2. The van der Waals surface area contributed by atoms with E-state index >= 15 is 4.79 Å². The summed E-state index contributed by atoms with van der Waals surface area (Å²) in [6.45, 7) is 14.8. The number of likely N-dealkylation sites (tertiary alicyclic amines) is 1. The van der Waals surface area contributed by atoms with Crippen molar-refractivity contribution in [3.05, 3.63) is 93.5 Å².